The van der Waals surface area contributed by atoms with Crippen molar-refractivity contribution < 1.29 is 14.5 Å². The van der Waals surface area contributed by atoms with Crippen LogP contribution in [-0.4, -0.2) is 26.2 Å². The lowest BCUT2D eigenvalue weighted by Crippen LogP contribution is -2.12. The number of anilines is 1. The van der Waals surface area contributed by atoms with Gasteiger partial charge in [0.05, 0.1) is 4.92 Å². The molecule has 0 aliphatic heterocycles. The van der Waals surface area contributed by atoms with E-state index in [-0.39, 0.29) is 11.5 Å². The second-order valence-corrected chi connectivity index (χ2v) is 5.53. The maximum absolute atomic E-state index is 12.3. The SMILES string of the molecule is Cn1ccnc1C(=O)c1ccc(NC(=O)c2ccc([N+](=O)[O-])cc2)cc1. The number of non-ortho nitro benzene ring substituents is 1. The van der Waals surface area contributed by atoms with E-state index < -0.39 is 10.8 Å². The highest BCUT2D eigenvalue weighted by Gasteiger charge is 2.14. The molecule has 0 unspecified atom stereocenters. The average Bonchev–Trinajstić information content (AvgIpc) is 3.07. The fraction of sp³-hybridized carbons (Fsp3) is 0.0556. The predicted octanol–water partition coefficient (Wildman–Crippen LogP) is 2.81. The maximum Gasteiger partial charge on any atom is 0.269 e. The second-order valence-electron chi connectivity index (χ2n) is 5.53. The van der Waals surface area contributed by atoms with Crippen molar-refractivity contribution in [2.75, 3.05) is 5.32 Å². The van der Waals surface area contributed by atoms with Gasteiger partial charge in [-0.2, -0.15) is 0 Å². The molecule has 3 rings (SSSR count). The third-order valence-electron chi connectivity index (χ3n) is 3.77. The van der Waals surface area contributed by atoms with Crippen LogP contribution in [0.4, 0.5) is 11.4 Å². The fourth-order valence-electron chi connectivity index (χ4n) is 2.36. The number of ketones is 1. The third kappa shape index (κ3) is 3.48. The number of aryl methyl sites for hydroxylation is 1. The second kappa shape index (κ2) is 6.98. The summed E-state index contributed by atoms with van der Waals surface area (Å²) in [5.74, 6) is -0.290. The molecular weight excluding hydrogens is 336 g/mol. The lowest BCUT2D eigenvalue weighted by molar-refractivity contribution is -0.384. The molecule has 3 aromatic rings. The van der Waals surface area contributed by atoms with Crippen molar-refractivity contribution in [2.24, 2.45) is 7.05 Å². The molecule has 0 radical (unpaired) electrons. The van der Waals surface area contributed by atoms with Crippen molar-refractivity contribution in [3.8, 4) is 0 Å². The molecule has 1 N–H and O–H groups in total. The molecule has 8 nitrogen and oxygen atoms in total. The number of nitro benzene ring substituents is 1. The van der Waals surface area contributed by atoms with Crippen LogP contribution in [0, 0.1) is 10.1 Å². The van der Waals surface area contributed by atoms with Crippen molar-refractivity contribution in [1.82, 2.24) is 9.55 Å². The fourth-order valence-corrected chi connectivity index (χ4v) is 2.36. The third-order valence-corrected chi connectivity index (χ3v) is 3.77. The van der Waals surface area contributed by atoms with E-state index in [4.69, 9.17) is 0 Å². The van der Waals surface area contributed by atoms with Crippen LogP contribution in [0.1, 0.15) is 26.5 Å². The van der Waals surface area contributed by atoms with E-state index >= 15 is 0 Å². The van der Waals surface area contributed by atoms with Crippen molar-refractivity contribution >= 4 is 23.1 Å². The van der Waals surface area contributed by atoms with Crippen molar-refractivity contribution in [2.45, 2.75) is 0 Å². The first-order chi connectivity index (χ1) is 12.5. The van der Waals surface area contributed by atoms with Crippen LogP contribution in [0.2, 0.25) is 0 Å². The number of carbonyl (C=O) groups is 2. The Kier molecular flexibility index (Phi) is 4.57. The van der Waals surface area contributed by atoms with Gasteiger partial charge in [-0.1, -0.05) is 0 Å². The van der Waals surface area contributed by atoms with Crippen molar-refractivity contribution in [1.29, 1.82) is 0 Å². The van der Waals surface area contributed by atoms with Gasteiger partial charge < -0.3 is 9.88 Å². The standard InChI is InChI=1S/C18H14N4O4/c1-21-11-10-19-17(21)16(23)12-2-6-14(7-3-12)20-18(24)13-4-8-15(9-5-13)22(25)26/h2-11H,1H3,(H,20,24). The van der Waals surface area contributed by atoms with Gasteiger partial charge in [-0.05, 0) is 36.4 Å². The minimum absolute atomic E-state index is 0.0845. The van der Waals surface area contributed by atoms with E-state index in [1.165, 1.54) is 24.3 Å². The average molecular weight is 350 g/mol. The summed E-state index contributed by atoms with van der Waals surface area (Å²) in [7, 11) is 1.74. The monoisotopic (exact) mass is 350 g/mol. The Bertz CT molecular complexity index is 975. The topological polar surface area (TPSA) is 107 Å². The molecule has 0 bridgehead atoms. The van der Waals surface area contributed by atoms with Crippen molar-refractivity contribution in [3.05, 3.63) is 88.0 Å². The van der Waals surface area contributed by atoms with Gasteiger partial charge >= 0.3 is 0 Å². The number of hydrogen-bond donors (Lipinski definition) is 1. The number of nitrogens with zero attached hydrogens (tertiary/aromatic N) is 3. The zero-order valence-electron chi connectivity index (χ0n) is 13.7. The molecule has 1 amide bonds. The largest absolute Gasteiger partial charge is 0.331 e. The first-order valence-electron chi connectivity index (χ1n) is 7.63. The number of benzene rings is 2. The molecule has 1 aromatic heterocycles. The summed E-state index contributed by atoms with van der Waals surface area (Å²) >= 11 is 0. The molecule has 0 aliphatic carbocycles. The summed E-state index contributed by atoms with van der Waals surface area (Å²) in [6, 6.07) is 11.7. The van der Waals surface area contributed by atoms with E-state index in [2.05, 4.69) is 10.3 Å². The summed E-state index contributed by atoms with van der Waals surface area (Å²) in [5, 5.41) is 13.3. The lowest BCUT2D eigenvalue weighted by atomic mass is 10.1. The first kappa shape index (κ1) is 17.0. The van der Waals surface area contributed by atoms with Gasteiger partial charge in [0.2, 0.25) is 5.78 Å². The zero-order chi connectivity index (χ0) is 18.7. The van der Waals surface area contributed by atoms with Crippen LogP contribution in [0.15, 0.2) is 60.9 Å². The molecule has 130 valence electrons. The number of carbonyl (C=O) groups excluding carboxylic acids is 2. The Morgan fingerprint density at radius 1 is 1.04 bits per heavy atom. The minimum Gasteiger partial charge on any atom is -0.331 e. The predicted molar refractivity (Wildman–Crippen MR) is 94.1 cm³/mol. The Morgan fingerprint density at radius 2 is 1.65 bits per heavy atom. The molecule has 0 aliphatic rings. The Hall–Kier alpha value is -3.81. The van der Waals surface area contributed by atoms with Crippen LogP contribution < -0.4 is 5.32 Å². The molecule has 0 spiro atoms. The van der Waals surface area contributed by atoms with Gasteiger partial charge in [0.15, 0.2) is 5.82 Å². The quantitative estimate of drug-likeness (QED) is 0.432. The summed E-state index contributed by atoms with van der Waals surface area (Å²) in [6.07, 6.45) is 3.23. The number of amides is 1. The molecule has 8 heteroatoms. The molecule has 1 heterocycles. The van der Waals surface area contributed by atoms with Crippen molar-refractivity contribution in [3.63, 3.8) is 0 Å². The summed E-state index contributed by atoms with van der Waals surface area (Å²) in [5.41, 5.74) is 1.17. The number of hydrogen-bond acceptors (Lipinski definition) is 5. The molecular formula is C18H14N4O4. The minimum atomic E-state index is -0.529. The van der Waals surface area contributed by atoms with Crippen LogP contribution >= 0.6 is 0 Å². The highest BCUT2D eigenvalue weighted by Crippen LogP contribution is 2.16. The lowest BCUT2D eigenvalue weighted by Gasteiger charge is -2.06. The molecule has 0 fully saturated rings. The number of rotatable bonds is 5. The van der Waals surface area contributed by atoms with Gasteiger partial charge in [0.1, 0.15) is 0 Å². The number of imidazole rings is 1. The van der Waals surface area contributed by atoms with E-state index in [1.54, 1.807) is 48.3 Å². The molecule has 26 heavy (non-hydrogen) atoms. The summed E-state index contributed by atoms with van der Waals surface area (Å²) in [6.45, 7) is 0. The highest BCUT2D eigenvalue weighted by molar-refractivity contribution is 6.07. The first-order valence-corrected chi connectivity index (χ1v) is 7.63. The normalized spacial score (nSPS) is 10.3. The van der Waals surface area contributed by atoms with Gasteiger partial charge in [-0.15, -0.1) is 0 Å². The summed E-state index contributed by atoms with van der Waals surface area (Å²) < 4.78 is 1.63. The number of nitrogens with one attached hydrogen (secondary N) is 1. The van der Waals surface area contributed by atoms with E-state index in [9.17, 15) is 19.7 Å². The van der Waals surface area contributed by atoms with Crippen LogP contribution in [-0.2, 0) is 7.05 Å². The molecule has 0 saturated carbocycles. The molecule has 0 saturated heterocycles. The van der Waals surface area contributed by atoms with Gasteiger partial charge in [-0.3, -0.25) is 19.7 Å². The van der Waals surface area contributed by atoms with Crippen LogP contribution in [0.25, 0.3) is 0 Å². The van der Waals surface area contributed by atoms with E-state index in [0.29, 0.717) is 22.6 Å². The number of nitro groups is 1. The van der Waals surface area contributed by atoms with Crippen LogP contribution in [0.3, 0.4) is 0 Å². The summed E-state index contributed by atoms with van der Waals surface area (Å²) in [4.78, 5) is 38.7. The Morgan fingerprint density at radius 3 is 2.19 bits per heavy atom. The molecule has 0 atom stereocenters. The smallest absolute Gasteiger partial charge is 0.269 e. The maximum atomic E-state index is 12.3. The van der Waals surface area contributed by atoms with Gasteiger partial charge in [-0.25, -0.2) is 4.98 Å². The Balaban J connectivity index is 1.71. The molecule has 2 aromatic carbocycles. The number of aromatic nitrogens is 2. The van der Waals surface area contributed by atoms with Crippen LogP contribution in [0.5, 0.6) is 0 Å². The van der Waals surface area contributed by atoms with E-state index in [0.717, 1.165) is 0 Å². The Labute approximate surface area is 148 Å². The zero-order valence-corrected chi connectivity index (χ0v) is 13.7. The van der Waals surface area contributed by atoms with Gasteiger partial charge in [0.25, 0.3) is 11.6 Å². The van der Waals surface area contributed by atoms with E-state index in [1.807, 2.05) is 0 Å². The highest BCUT2D eigenvalue weighted by atomic mass is 16.6. The van der Waals surface area contributed by atoms with Gasteiger partial charge in [0, 0.05) is 48.4 Å².